The van der Waals surface area contributed by atoms with Gasteiger partial charge in [-0.25, -0.2) is 13.1 Å². The van der Waals surface area contributed by atoms with Crippen LogP contribution in [0.1, 0.15) is 42.3 Å². The Hall–Kier alpha value is -2.58. The van der Waals surface area contributed by atoms with Gasteiger partial charge in [0.25, 0.3) is 5.91 Å². The lowest BCUT2D eigenvalue weighted by Gasteiger charge is -2.21. The number of nitrogens with one attached hydrogen (secondary N) is 2. The molecule has 2 aromatic carbocycles. The third-order valence-electron chi connectivity index (χ3n) is 4.08. The Kier molecular flexibility index (Phi) is 6.92. The standard InChI is InChI=1S/C21H28N2O5S/c1-14-7-8-15(11-18(14)28-6)13-22-20(24)16-9-10-17(27-5)19(12-16)29(25,26)23-21(2,3)4/h7-12,23H,13H2,1-6H3,(H,22,24). The lowest BCUT2D eigenvalue weighted by atomic mass is 10.1. The van der Waals surface area contributed by atoms with Crippen LogP contribution in [0.2, 0.25) is 0 Å². The zero-order valence-corrected chi connectivity index (χ0v) is 18.4. The van der Waals surface area contributed by atoms with Crippen LogP contribution >= 0.6 is 0 Å². The lowest BCUT2D eigenvalue weighted by molar-refractivity contribution is 0.0950. The number of hydrogen-bond acceptors (Lipinski definition) is 5. The van der Waals surface area contributed by atoms with Gasteiger partial charge in [0.15, 0.2) is 0 Å². The number of methoxy groups -OCH3 is 2. The molecule has 0 radical (unpaired) electrons. The molecule has 0 saturated heterocycles. The second kappa shape index (κ2) is 8.84. The van der Waals surface area contributed by atoms with Crippen LogP contribution < -0.4 is 19.5 Å². The molecule has 0 fully saturated rings. The predicted molar refractivity (Wildman–Crippen MR) is 112 cm³/mol. The average molecular weight is 421 g/mol. The first-order valence-electron chi connectivity index (χ1n) is 9.10. The van der Waals surface area contributed by atoms with Crippen molar-refractivity contribution in [2.24, 2.45) is 0 Å². The summed E-state index contributed by atoms with van der Waals surface area (Å²) in [4.78, 5) is 12.5. The molecule has 2 N–H and O–H groups in total. The number of carbonyl (C=O) groups is 1. The number of carbonyl (C=O) groups excluding carboxylic acids is 1. The van der Waals surface area contributed by atoms with E-state index in [0.29, 0.717) is 0 Å². The minimum atomic E-state index is -3.87. The summed E-state index contributed by atoms with van der Waals surface area (Å²) in [6.45, 7) is 7.44. The first-order chi connectivity index (χ1) is 13.5. The van der Waals surface area contributed by atoms with Gasteiger partial charge in [0.1, 0.15) is 16.4 Å². The van der Waals surface area contributed by atoms with E-state index >= 15 is 0 Å². The van der Waals surface area contributed by atoms with Crippen LogP contribution in [0.4, 0.5) is 0 Å². The molecule has 29 heavy (non-hydrogen) atoms. The normalized spacial score (nSPS) is 11.8. The van der Waals surface area contributed by atoms with Crippen LogP contribution in [0, 0.1) is 6.92 Å². The van der Waals surface area contributed by atoms with Gasteiger partial charge in [-0.15, -0.1) is 0 Å². The van der Waals surface area contributed by atoms with Crippen molar-refractivity contribution in [2.75, 3.05) is 14.2 Å². The van der Waals surface area contributed by atoms with E-state index < -0.39 is 15.6 Å². The van der Waals surface area contributed by atoms with Crippen molar-refractivity contribution >= 4 is 15.9 Å². The summed E-state index contributed by atoms with van der Waals surface area (Å²) in [7, 11) is -0.891. The molecule has 0 saturated carbocycles. The van der Waals surface area contributed by atoms with Crippen molar-refractivity contribution in [1.29, 1.82) is 0 Å². The molecule has 0 atom stereocenters. The fraction of sp³-hybridized carbons (Fsp3) is 0.381. The van der Waals surface area contributed by atoms with Crippen molar-refractivity contribution in [3.05, 3.63) is 53.1 Å². The van der Waals surface area contributed by atoms with Crippen LogP contribution in [0.3, 0.4) is 0 Å². The summed E-state index contributed by atoms with van der Waals surface area (Å²) >= 11 is 0. The van der Waals surface area contributed by atoms with E-state index in [1.54, 1.807) is 27.9 Å². The van der Waals surface area contributed by atoms with Gasteiger partial charge in [-0.3, -0.25) is 4.79 Å². The number of benzene rings is 2. The highest BCUT2D eigenvalue weighted by Crippen LogP contribution is 2.26. The fourth-order valence-corrected chi connectivity index (χ4v) is 4.36. The number of rotatable bonds is 7. The molecule has 0 spiro atoms. The van der Waals surface area contributed by atoms with E-state index in [1.165, 1.54) is 25.3 Å². The largest absolute Gasteiger partial charge is 0.496 e. The number of aryl methyl sites for hydroxylation is 1. The molecule has 0 heterocycles. The molecule has 1 amide bonds. The van der Waals surface area contributed by atoms with Gasteiger partial charge in [0.2, 0.25) is 10.0 Å². The van der Waals surface area contributed by atoms with E-state index in [2.05, 4.69) is 10.0 Å². The quantitative estimate of drug-likeness (QED) is 0.718. The highest BCUT2D eigenvalue weighted by molar-refractivity contribution is 7.89. The number of amides is 1. The van der Waals surface area contributed by atoms with Gasteiger partial charge >= 0.3 is 0 Å². The summed E-state index contributed by atoms with van der Waals surface area (Å²) in [6.07, 6.45) is 0. The summed E-state index contributed by atoms with van der Waals surface area (Å²) in [5.74, 6) is 0.517. The first-order valence-corrected chi connectivity index (χ1v) is 10.6. The van der Waals surface area contributed by atoms with E-state index in [0.717, 1.165) is 16.9 Å². The molecule has 0 aromatic heterocycles. The maximum absolute atomic E-state index is 12.7. The zero-order valence-electron chi connectivity index (χ0n) is 17.6. The number of ether oxygens (including phenoxy) is 2. The van der Waals surface area contributed by atoms with E-state index in [-0.39, 0.29) is 28.7 Å². The summed E-state index contributed by atoms with van der Waals surface area (Å²) in [6, 6.07) is 9.98. The van der Waals surface area contributed by atoms with Crippen molar-refractivity contribution in [3.63, 3.8) is 0 Å². The van der Waals surface area contributed by atoms with Gasteiger partial charge in [-0.2, -0.15) is 0 Å². The Balaban J connectivity index is 2.25. The molecule has 0 aliphatic carbocycles. The van der Waals surface area contributed by atoms with Gasteiger partial charge in [0, 0.05) is 17.6 Å². The number of sulfonamides is 1. The van der Waals surface area contributed by atoms with Gasteiger partial charge in [-0.1, -0.05) is 12.1 Å². The van der Waals surface area contributed by atoms with E-state index in [4.69, 9.17) is 9.47 Å². The van der Waals surface area contributed by atoms with E-state index in [1.807, 2.05) is 25.1 Å². The Bertz CT molecular complexity index is 995. The maximum atomic E-state index is 12.7. The molecule has 8 heteroatoms. The molecule has 0 bridgehead atoms. The summed E-state index contributed by atoms with van der Waals surface area (Å²) < 4.78 is 38.5. The Morgan fingerprint density at radius 3 is 2.24 bits per heavy atom. The minimum Gasteiger partial charge on any atom is -0.496 e. The molecule has 2 aromatic rings. The molecule has 0 unspecified atom stereocenters. The number of hydrogen-bond donors (Lipinski definition) is 2. The monoisotopic (exact) mass is 420 g/mol. The molecule has 2 rings (SSSR count). The van der Waals surface area contributed by atoms with Crippen LogP contribution in [-0.4, -0.2) is 34.1 Å². The van der Waals surface area contributed by atoms with Crippen LogP contribution in [0.15, 0.2) is 41.3 Å². The molecular weight excluding hydrogens is 392 g/mol. The zero-order chi connectivity index (χ0) is 21.8. The SMILES string of the molecule is COc1cc(CNC(=O)c2ccc(OC)c(S(=O)(=O)NC(C)(C)C)c2)ccc1C. The van der Waals surface area contributed by atoms with Crippen molar-refractivity contribution in [1.82, 2.24) is 10.0 Å². The topological polar surface area (TPSA) is 93.7 Å². The first kappa shape index (κ1) is 22.7. The third-order valence-corrected chi connectivity index (χ3v) is 5.86. The van der Waals surface area contributed by atoms with Crippen molar-refractivity contribution < 1.29 is 22.7 Å². The molecule has 7 nitrogen and oxygen atoms in total. The molecule has 0 aliphatic heterocycles. The maximum Gasteiger partial charge on any atom is 0.251 e. The Labute approximate surface area is 172 Å². The van der Waals surface area contributed by atoms with Gasteiger partial charge in [-0.05, 0) is 63.1 Å². The highest BCUT2D eigenvalue weighted by Gasteiger charge is 2.26. The fourth-order valence-electron chi connectivity index (χ4n) is 2.74. The molecule has 0 aliphatic rings. The van der Waals surface area contributed by atoms with E-state index in [9.17, 15) is 13.2 Å². The lowest BCUT2D eigenvalue weighted by Crippen LogP contribution is -2.40. The van der Waals surface area contributed by atoms with Crippen LogP contribution in [0.25, 0.3) is 0 Å². The van der Waals surface area contributed by atoms with Crippen molar-refractivity contribution in [2.45, 2.75) is 44.7 Å². The Morgan fingerprint density at radius 1 is 1.00 bits per heavy atom. The second-order valence-corrected chi connectivity index (χ2v) is 9.36. The Morgan fingerprint density at radius 2 is 1.66 bits per heavy atom. The van der Waals surface area contributed by atoms with Crippen molar-refractivity contribution in [3.8, 4) is 11.5 Å². The van der Waals surface area contributed by atoms with Gasteiger partial charge in [0.05, 0.1) is 14.2 Å². The summed E-state index contributed by atoms with van der Waals surface area (Å²) in [5, 5.41) is 2.80. The third kappa shape index (κ3) is 5.95. The minimum absolute atomic E-state index is 0.0837. The second-order valence-electron chi connectivity index (χ2n) is 7.71. The van der Waals surface area contributed by atoms with Crippen LogP contribution in [0.5, 0.6) is 11.5 Å². The van der Waals surface area contributed by atoms with Crippen LogP contribution in [-0.2, 0) is 16.6 Å². The predicted octanol–water partition coefficient (Wildman–Crippen LogP) is 3.02. The summed E-state index contributed by atoms with van der Waals surface area (Å²) in [5.41, 5.74) is 1.42. The van der Waals surface area contributed by atoms with Gasteiger partial charge < -0.3 is 14.8 Å². The highest BCUT2D eigenvalue weighted by atomic mass is 32.2. The average Bonchev–Trinajstić information content (AvgIpc) is 2.64. The molecule has 158 valence electrons. The molecular formula is C21H28N2O5S. The smallest absolute Gasteiger partial charge is 0.251 e.